The van der Waals surface area contributed by atoms with Gasteiger partial charge in [0.1, 0.15) is 16.5 Å². The number of rotatable bonds is 3. The van der Waals surface area contributed by atoms with Crippen LogP contribution in [0.1, 0.15) is 43.0 Å². The minimum Gasteiger partial charge on any atom is -0.372 e. The zero-order valence-corrected chi connectivity index (χ0v) is 14.4. The van der Waals surface area contributed by atoms with Gasteiger partial charge in [-0.2, -0.15) is 0 Å². The third kappa shape index (κ3) is 2.53. The molecule has 0 aromatic carbocycles. The van der Waals surface area contributed by atoms with Crippen LogP contribution in [0.15, 0.2) is 0 Å². The van der Waals surface area contributed by atoms with Crippen molar-refractivity contribution in [1.82, 2.24) is 14.9 Å². The van der Waals surface area contributed by atoms with E-state index in [1.165, 1.54) is 28.7 Å². The van der Waals surface area contributed by atoms with Gasteiger partial charge in [-0.25, -0.2) is 9.97 Å². The van der Waals surface area contributed by atoms with Crippen molar-refractivity contribution in [1.29, 1.82) is 0 Å². The van der Waals surface area contributed by atoms with Gasteiger partial charge < -0.3 is 5.32 Å². The molecule has 2 aromatic heterocycles. The second kappa shape index (κ2) is 5.21. The van der Waals surface area contributed by atoms with Crippen molar-refractivity contribution in [3.8, 4) is 0 Å². The van der Waals surface area contributed by atoms with Crippen LogP contribution in [0.3, 0.4) is 0 Å². The van der Waals surface area contributed by atoms with E-state index in [1.807, 2.05) is 7.05 Å². The Balaban J connectivity index is 2.00. The highest BCUT2D eigenvalue weighted by molar-refractivity contribution is 7.18. The fraction of sp³-hybridized carbons (Fsp3) is 0.625. The summed E-state index contributed by atoms with van der Waals surface area (Å²) in [7, 11) is 1.94. The van der Waals surface area contributed by atoms with E-state index in [2.05, 4.69) is 37.9 Å². The highest BCUT2D eigenvalue weighted by Crippen LogP contribution is 2.34. The summed E-state index contributed by atoms with van der Waals surface area (Å²) in [6.45, 7) is 10.9. The van der Waals surface area contributed by atoms with Crippen molar-refractivity contribution in [2.24, 2.45) is 0 Å². The Kier molecular flexibility index (Phi) is 3.66. The van der Waals surface area contributed by atoms with Crippen LogP contribution in [0, 0.1) is 13.8 Å². The van der Waals surface area contributed by atoms with Crippen LogP contribution in [-0.2, 0) is 6.54 Å². The van der Waals surface area contributed by atoms with Gasteiger partial charge >= 0.3 is 0 Å². The molecule has 0 unspecified atom stereocenters. The van der Waals surface area contributed by atoms with Crippen molar-refractivity contribution in [2.45, 2.75) is 52.6 Å². The molecule has 0 bridgehead atoms. The first-order chi connectivity index (χ1) is 9.92. The number of hydrogen-bond donors (Lipinski definition) is 1. The number of aryl methyl sites for hydroxylation is 2. The van der Waals surface area contributed by atoms with Crippen molar-refractivity contribution < 1.29 is 0 Å². The topological polar surface area (TPSA) is 41.1 Å². The molecule has 0 aliphatic carbocycles. The molecular weight excluding hydrogens is 280 g/mol. The zero-order valence-electron chi connectivity index (χ0n) is 13.6. The normalized spacial score (nSPS) is 18.5. The Bertz CT molecular complexity index is 674. The molecule has 1 N–H and O–H groups in total. The lowest BCUT2D eigenvalue weighted by atomic mass is 10.0. The fourth-order valence-corrected chi connectivity index (χ4v) is 4.22. The molecule has 0 radical (unpaired) electrons. The van der Waals surface area contributed by atoms with Crippen LogP contribution in [-0.4, -0.2) is 34.0 Å². The van der Waals surface area contributed by atoms with Gasteiger partial charge in [0.05, 0.1) is 11.9 Å². The second-order valence-electron chi connectivity index (χ2n) is 6.54. The Hall–Kier alpha value is -1.20. The molecule has 3 rings (SSSR count). The molecule has 114 valence electrons. The number of likely N-dealkylation sites (tertiary alicyclic amines) is 1. The lowest BCUT2D eigenvalue weighted by Crippen LogP contribution is -2.37. The smallest absolute Gasteiger partial charge is 0.146 e. The first kappa shape index (κ1) is 14.7. The summed E-state index contributed by atoms with van der Waals surface area (Å²) in [6, 6.07) is 0. The van der Waals surface area contributed by atoms with E-state index in [1.54, 1.807) is 11.3 Å². The van der Waals surface area contributed by atoms with E-state index in [0.717, 1.165) is 29.6 Å². The summed E-state index contributed by atoms with van der Waals surface area (Å²) in [4.78, 5) is 14.5. The number of thiophene rings is 1. The second-order valence-corrected chi connectivity index (χ2v) is 7.74. The summed E-state index contributed by atoms with van der Waals surface area (Å²) in [5, 5.41) is 4.43. The van der Waals surface area contributed by atoms with Crippen LogP contribution in [0.2, 0.25) is 0 Å². The number of hydrogen-bond acceptors (Lipinski definition) is 5. The third-order valence-electron chi connectivity index (χ3n) is 4.72. The molecule has 3 heterocycles. The van der Waals surface area contributed by atoms with Gasteiger partial charge in [0.25, 0.3) is 0 Å². The van der Waals surface area contributed by atoms with Crippen molar-refractivity contribution in [3.05, 3.63) is 16.3 Å². The number of anilines is 1. The summed E-state index contributed by atoms with van der Waals surface area (Å²) in [5.41, 5.74) is 1.56. The van der Waals surface area contributed by atoms with Crippen molar-refractivity contribution in [3.63, 3.8) is 0 Å². The standard InChI is InChI=1S/C16H24N4S/c1-10-11(2)21-15-13(10)14(17-5)18-12(19-15)9-20-8-6-7-16(20,3)4/h6-9H2,1-5H3,(H,17,18,19). The van der Waals surface area contributed by atoms with Gasteiger partial charge in [0.15, 0.2) is 0 Å². The largest absolute Gasteiger partial charge is 0.372 e. The lowest BCUT2D eigenvalue weighted by molar-refractivity contribution is 0.162. The third-order valence-corrected chi connectivity index (χ3v) is 5.82. The molecule has 0 spiro atoms. The highest BCUT2D eigenvalue weighted by atomic mass is 32.1. The monoisotopic (exact) mass is 304 g/mol. The molecule has 1 saturated heterocycles. The molecule has 4 nitrogen and oxygen atoms in total. The minimum atomic E-state index is 0.263. The minimum absolute atomic E-state index is 0.263. The van der Waals surface area contributed by atoms with E-state index in [9.17, 15) is 0 Å². The van der Waals surface area contributed by atoms with Crippen LogP contribution in [0.5, 0.6) is 0 Å². The molecule has 0 saturated carbocycles. The summed E-state index contributed by atoms with van der Waals surface area (Å²) < 4.78 is 0. The van der Waals surface area contributed by atoms with Gasteiger partial charge in [0, 0.05) is 17.5 Å². The number of nitrogens with one attached hydrogen (secondary N) is 1. The number of nitrogens with zero attached hydrogens (tertiary/aromatic N) is 3. The van der Waals surface area contributed by atoms with Crippen LogP contribution < -0.4 is 5.32 Å². The molecule has 0 atom stereocenters. The van der Waals surface area contributed by atoms with Crippen LogP contribution in [0.4, 0.5) is 5.82 Å². The predicted octanol–water partition coefficient (Wildman–Crippen LogP) is 3.72. The maximum absolute atomic E-state index is 4.82. The first-order valence-electron chi connectivity index (χ1n) is 7.62. The first-order valence-corrected chi connectivity index (χ1v) is 8.43. The van der Waals surface area contributed by atoms with Crippen LogP contribution in [0.25, 0.3) is 10.2 Å². The molecule has 2 aromatic rings. The fourth-order valence-electron chi connectivity index (χ4n) is 3.17. The van der Waals surface area contributed by atoms with Gasteiger partial charge in [-0.15, -0.1) is 11.3 Å². The van der Waals surface area contributed by atoms with Gasteiger partial charge in [0.2, 0.25) is 0 Å². The lowest BCUT2D eigenvalue weighted by Gasteiger charge is -2.30. The average Bonchev–Trinajstić information content (AvgIpc) is 2.90. The predicted molar refractivity (Wildman–Crippen MR) is 90.2 cm³/mol. The number of aromatic nitrogens is 2. The molecule has 1 aliphatic rings. The van der Waals surface area contributed by atoms with Crippen LogP contribution >= 0.6 is 11.3 Å². The number of fused-ring (bicyclic) bond motifs is 1. The summed E-state index contributed by atoms with van der Waals surface area (Å²) >= 11 is 1.77. The van der Waals surface area contributed by atoms with E-state index in [0.29, 0.717) is 0 Å². The van der Waals surface area contributed by atoms with E-state index < -0.39 is 0 Å². The Morgan fingerprint density at radius 3 is 2.67 bits per heavy atom. The summed E-state index contributed by atoms with van der Waals surface area (Å²) in [5.74, 6) is 1.90. The molecule has 1 fully saturated rings. The molecule has 5 heteroatoms. The highest BCUT2D eigenvalue weighted by Gasteiger charge is 2.32. The SMILES string of the molecule is CNc1nc(CN2CCCC2(C)C)nc2sc(C)c(C)c12. The maximum Gasteiger partial charge on any atom is 0.146 e. The van der Waals surface area contributed by atoms with Crippen molar-refractivity contribution >= 4 is 27.4 Å². The summed E-state index contributed by atoms with van der Waals surface area (Å²) in [6.07, 6.45) is 2.52. The molecule has 1 aliphatic heterocycles. The Morgan fingerprint density at radius 2 is 2.05 bits per heavy atom. The van der Waals surface area contributed by atoms with Gasteiger partial charge in [-0.3, -0.25) is 4.90 Å². The molecular formula is C16H24N4S. The van der Waals surface area contributed by atoms with E-state index in [4.69, 9.17) is 9.97 Å². The quantitative estimate of drug-likeness (QED) is 0.938. The molecule has 0 amide bonds. The Labute approximate surface area is 130 Å². The van der Waals surface area contributed by atoms with Crippen molar-refractivity contribution in [2.75, 3.05) is 18.9 Å². The van der Waals surface area contributed by atoms with E-state index >= 15 is 0 Å². The van der Waals surface area contributed by atoms with E-state index in [-0.39, 0.29) is 5.54 Å². The average molecular weight is 304 g/mol. The van der Waals surface area contributed by atoms with Gasteiger partial charge in [-0.1, -0.05) is 0 Å². The van der Waals surface area contributed by atoms with Gasteiger partial charge in [-0.05, 0) is 52.6 Å². The Morgan fingerprint density at radius 1 is 1.29 bits per heavy atom. The molecule has 21 heavy (non-hydrogen) atoms. The zero-order chi connectivity index (χ0) is 15.2. The maximum atomic E-state index is 4.82.